The van der Waals surface area contributed by atoms with E-state index in [-0.39, 0.29) is 17.9 Å². The molecule has 15 heavy (non-hydrogen) atoms. The van der Waals surface area contributed by atoms with Crippen LogP contribution < -0.4 is 5.32 Å². The van der Waals surface area contributed by atoms with Crippen molar-refractivity contribution in [2.24, 2.45) is 5.41 Å². The predicted molar refractivity (Wildman–Crippen MR) is 59.7 cm³/mol. The van der Waals surface area contributed by atoms with Gasteiger partial charge in [-0.3, -0.25) is 4.79 Å². The molecule has 1 unspecified atom stereocenters. The van der Waals surface area contributed by atoms with Gasteiger partial charge in [0.1, 0.15) is 6.61 Å². The summed E-state index contributed by atoms with van der Waals surface area (Å²) < 4.78 is 5.10. The molecule has 1 amide bonds. The summed E-state index contributed by atoms with van der Waals surface area (Å²) in [6.45, 7) is 8.92. The maximum Gasteiger partial charge on any atom is 0.248 e. The zero-order valence-electron chi connectivity index (χ0n) is 10.2. The fraction of sp³-hybridized carbons (Fsp3) is 0.909. The first-order valence-electron chi connectivity index (χ1n) is 5.48. The van der Waals surface area contributed by atoms with Gasteiger partial charge in [0.2, 0.25) is 5.91 Å². The molecule has 0 bridgehead atoms. The van der Waals surface area contributed by atoms with Crippen molar-refractivity contribution in [3.63, 3.8) is 0 Å². The van der Waals surface area contributed by atoms with E-state index in [4.69, 9.17) is 4.74 Å². The van der Waals surface area contributed by atoms with Crippen molar-refractivity contribution >= 4 is 5.91 Å². The summed E-state index contributed by atoms with van der Waals surface area (Å²) >= 11 is 0. The standard InChI is InChI=1S/C11H22N2O2/c1-11(2,3)9(12-4)7-13-5-6-15-8-10(13)14/h9,12H,5-8H2,1-4H3. The van der Waals surface area contributed by atoms with E-state index in [1.807, 2.05) is 11.9 Å². The monoisotopic (exact) mass is 214 g/mol. The highest BCUT2D eigenvalue weighted by Gasteiger charge is 2.28. The minimum absolute atomic E-state index is 0.103. The quantitative estimate of drug-likeness (QED) is 0.743. The summed E-state index contributed by atoms with van der Waals surface area (Å²) in [6, 6.07) is 0.319. The van der Waals surface area contributed by atoms with E-state index in [0.717, 1.165) is 6.54 Å². The van der Waals surface area contributed by atoms with Gasteiger partial charge in [0.15, 0.2) is 0 Å². The Morgan fingerprint density at radius 2 is 2.20 bits per heavy atom. The number of morpholine rings is 1. The van der Waals surface area contributed by atoms with E-state index < -0.39 is 0 Å². The summed E-state index contributed by atoms with van der Waals surface area (Å²) in [6.07, 6.45) is 0. The van der Waals surface area contributed by atoms with Crippen LogP contribution in [-0.2, 0) is 9.53 Å². The van der Waals surface area contributed by atoms with Gasteiger partial charge in [-0.25, -0.2) is 0 Å². The van der Waals surface area contributed by atoms with Gasteiger partial charge in [-0.15, -0.1) is 0 Å². The molecule has 1 saturated heterocycles. The Labute approximate surface area is 92.0 Å². The van der Waals surface area contributed by atoms with E-state index in [1.165, 1.54) is 0 Å². The van der Waals surface area contributed by atoms with Crippen molar-refractivity contribution < 1.29 is 9.53 Å². The predicted octanol–water partition coefficient (Wildman–Crippen LogP) is 0.479. The smallest absolute Gasteiger partial charge is 0.248 e. The van der Waals surface area contributed by atoms with E-state index >= 15 is 0 Å². The highest BCUT2D eigenvalue weighted by molar-refractivity contribution is 5.78. The summed E-state index contributed by atoms with van der Waals surface area (Å²) in [5.74, 6) is 0.103. The molecule has 4 nitrogen and oxygen atoms in total. The van der Waals surface area contributed by atoms with Gasteiger partial charge in [-0.05, 0) is 12.5 Å². The molecule has 0 aliphatic carbocycles. The van der Waals surface area contributed by atoms with E-state index in [9.17, 15) is 4.79 Å². The normalized spacial score (nSPS) is 20.5. The Balaban J connectivity index is 2.54. The number of ether oxygens (including phenoxy) is 1. The lowest BCUT2D eigenvalue weighted by Crippen LogP contribution is -2.52. The number of rotatable bonds is 3. The maximum absolute atomic E-state index is 11.5. The van der Waals surface area contributed by atoms with Gasteiger partial charge in [0.25, 0.3) is 0 Å². The lowest BCUT2D eigenvalue weighted by Gasteiger charge is -2.36. The molecule has 1 rings (SSSR count). The third-order valence-electron chi connectivity index (χ3n) is 2.88. The van der Waals surface area contributed by atoms with Crippen LogP contribution in [0.4, 0.5) is 0 Å². The number of carbonyl (C=O) groups is 1. The molecule has 0 spiro atoms. The highest BCUT2D eigenvalue weighted by atomic mass is 16.5. The number of hydrogen-bond donors (Lipinski definition) is 1. The lowest BCUT2D eigenvalue weighted by molar-refractivity contribution is -0.143. The van der Waals surface area contributed by atoms with Crippen molar-refractivity contribution in [1.82, 2.24) is 10.2 Å². The zero-order chi connectivity index (χ0) is 11.5. The fourth-order valence-electron chi connectivity index (χ4n) is 1.76. The first-order valence-corrected chi connectivity index (χ1v) is 5.48. The van der Waals surface area contributed by atoms with Crippen molar-refractivity contribution in [3.05, 3.63) is 0 Å². The van der Waals surface area contributed by atoms with Crippen LogP contribution in [0.2, 0.25) is 0 Å². The topological polar surface area (TPSA) is 41.6 Å². The molecule has 0 aromatic carbocycles. The molecule has 1 N–H and O–H groups in total. The molecule has 0 aromatic heterocycles. The number of amides is 1. The first-order chi connectivity index (χ1) is 6.95. The molecule has 0 radical (unpaired) electrons. The average Bonchev–Trinajstić information content (AvgIpc) is 2.14. The van der Waals surface area contributed by atoms with E-state index in [0.29, 0.717) is 19.2 Å². The van der Waals surface area contributed by atoms with E-state index in [1.54, 1.807) is 0 Å². The van der Waals surface area contributed by atoms with Crippen LogP contribution >= 0.6 is 0 Å². The number of hydrogen-bond acceptors (Lipinski definition) is 3. The van der Waals surface area contributed by atoms with Gasteiger partial charge in [0.05, 0.1) is 6.61 Å². The Morgan fingerprint density at radius 3 is 2.67 bits per heavy atom. The molecule has 1 aliphatic heterocycles. The fourth-order valence-corrected chi connectivity index (χ4v) is 1.76. The van der Waals surface area contributed by atoms with Crippen molar-refractivity contribution in [2.75, 3.05) is 33.4 Å². The Bertz CT molecular complexity index is 223. The Hall–Kier alpha value is -0.610. The second-order valence-corrected chi connectivity index (χ2v) is 5.10. The third-order valence-corrected chi connectivity index (χ3v) is 2.88. The second-order valence-electron chi connectivity index (χ2n) is 5.10. The minimum atomic E-state index is 0.103. The third kappa shape index (κ3) is 3.47. The number of likely N-dealkylation sites (N-methyl/N-ethyl adjacent to an activating group) is 1. The van der Waals surface area contributed by atoms with Crippen LogP contribution in [0.15, 0.2) is 0 Å². The van der Waals surface area contributed by atoms with Gasteiger partial charge in [-0.1, -0.05) is 20.8 Å². The molecule has 88 valence electrons. The molecular formula is C11H22N2O2. The van der Waals surface area contributed by atoms with Crippen LogP contribution in [0.1, 0.15) is 20.8 Å². The summed E-state index contributed by atoms with van der Waals surface area (Å²) in [5.41, 5.74) is 0.160. The van der Waals surface area contributed by atoms with Gasteiger partial charge >= 0.3 is 0 Å². The van der Waals surface area contributed by atoms with Crippen LogP contribution in [0, 0.1) is 5.41 Å². The largest absolute Gasteiger partial charge is 0.370 e. The van der Waals surface area contributed by atoms with E-state index in [2.05, 4.69) is 26.1 Å². The maximum atomic E-state index is 11.5. The molecular weight excluding hydrogens is 192 g/mol. The number of nitrogens with zero attached hydrogens (tertiary/aromatic N) is 1. The number of carbonyl (C=O) groups excluding carboxylic acids is 1. The summed E-state index contributed by atoms with van der Waals surface area (Å²) in [7, 11) is 1.95. The van der Waals surface area contributed by atoms with Gasteiger partial charge < -0.3 is 15.0 Å². The van der Waals surface area contributed by atoms with Crippen LogP contribution in [0.3, 0.4) is 0 Å². The van der Waals surface area contributed by atoms with Crippen molar-refractivity contribution in [2.45, 2.75) is 26.8 Å². The lowest BCUT2D eigenvalue weighted by atomic mass is 9.86. The minimum Gasteiger partial charge on any atom is -0.370 e. The molecule has 1 heterocycles. The first kappa shape index (κ1) is 12.5. The molecule has 0 aromatic rings. The van der Waals surface area contributed by atoms with Crippen molar-refractivity contribution in [3.8, 4) is 0 Å². The molecule has 1 atom stereocenters. The van der Waals surface area contributed by atoms with Gasteiger partial charge in [0, 0.05) is 19.1 Å². The Kier molecular flexibility index (Phi) is 4.11. The SMILES string of the molecule is CNC(CN1CCOCC1=O)C(C)(C)C. The highest BCUT2D eigenvalue weighted by Crippen LogP contribution is 2.20. The Morgan fingerprint density at radius 1 is 1.53 bits per heavy atom. The second kappa shape index (κ2) is 4.94. The van der Waals surface area contributed by atoms with Crippen LogP contribution in [-0.4, -0.2) is 50.2 Å². The molecule has 1 aliphatic rings. The number of nitrogens with one attached hydrogen (secondary N) is 1. The molecule has 1 fully saturated rings. The molecule has 0 saturated carbocycles. The summed E-state index contributed by atoms with van der Waals surface area (Å²) in [4.78, 5) is 13.4. The van der Waals surface area contributed by atoms with Crippen LogP contribution in [0.25, 0.3) is 0 Å². The van der Waals surface area contributed by atoms with Crippen molar-refractivity contribution in [1.29, 1.82) is 0 Å². The molecule has 4 heteroatoms. The van der Waals surface area contributed by atoms with Crippen LogP contribution in [0.5, 0.6) is 0 Å². The zero-order valence-corrected chi connectivity index (χ0v) is 10.2. The average molecular weight is 214 g/mol. The summed E-state index contributed by atoms with van der Waals surface area (Å²) in [5, 5.41) is 3.28. The van der Waals surface area contributed by atoms with Gasteiger partial charge in [-0.2, -0.15) is 0 Å².